The van der Waals surface area contributed by atoms with Gasteiger partial charge in [-0.15, -0.1) is 0 Å². The third kappa shape index (κ3) is 3.46. The molecule has 0 aliphatic carbocycles. The van der Waals surface area contributed by atoms with Crippen LogP contribution in [0.3, 0.4) is 0 Å². The molecule has 0 aliphatic heterocycles. The molecule has 1 amide bonds. The number of benzene rings is 2. The van der Waals surface area contributed by atoms with Gasteiger partial charge in [-0.3, -0.25) is 14.0 Å². The van der Waals surface area contributed by atoms with Gasteiger partial charge in [-0.25, -0.2) is 4.39 Å². The first-order valence-electron chi connectivity index (χ1n) is 6.38. The molecule has 22 heavy (non-hydrogen) atoms. The molecule has 0 saturated heterocycles. The summed E-state index contributed by atoms with van der Waals surface area (Å²) in [5.74, 6) is -1.36. The van der Waals surface area contributed by atoms with E-state index < -0.39 is 17.9 Å². The van der Waals surface area contributed by atoms with Crippen molar-refractivity contribution in [3.05, 3.63) is 70.2 Å². The first-order chi connectivity index (χ1) is 10.4. The van der Waals surface area contributed by atoms with Gasteiger partial charge >= 0.3 is 0 Å². The molecule has 0 aliphatic rings. The van der Waals surface area contributed by atoms with Gasteiger partial charge in [0.25, 0.3) is 5.91 Å². The van der Waals surface area contributed by atoms with E-state index in [1.54, 1.807) is 30.3 Å². The molecular weight excluding hydrogens is 328 g/mol. The quantitative estimate of drug-likeness (QED) is 0.618. The van der Waals surface area contributed by atoms with Crippen molar-refractivity contribution in [3.8, 4) is 0 Å². The van der Waals surface area contributed by atoms with Gasteiger partial charge in [-0.2, -0.15) is 0 Å². The maximum Gasteiger partial charge on any atom is 0.275 e. The minimum absolute atomic E-state index is 0.0399. The zero-order valence-corrected chi connectivity index (χ0v) is 13.1. The van der Waals surface area contributed by atoms with Gasteiger partial charge in [-0.05, 0) is 12.1 Å². The van der Waals surface area contributed by atoms with Crippen molar-refractivity contribution in [1.29, 1.82) is 0 Å². The van der Waals surface area contributed by atoms with Crippen LogP contribution in [0.5, 0.6) is 0 Å². The average molecular weight is 340 g/mol. The van der Waals surface area contributed by atoms with Crippen LogP contribution in [0.2, 0.25) is 5.02 Å². The van der Waals surface area contributed by atoms with Crippen molar-refractivity contribution in [2.24, 2.45) is 0 Å². The second-order valence-electron chi connectivity index (χ2n) is 4.60. The Morgan fingerprint density at radius 2 is 1.77 bits per heavy atom. The lowest BCUT2D eigenvalue weighted by Gasteiger charge is -2.15. The predicted molar refractivity (Wildman–Crippen MR) is 83.8 cm³/mol. The molecular formula is C16H12Cl2FNO2. The van der Waals surface area contributed by atoms with Crippen LogP contribution in [0.1, 0.15) is 27.7 Å². The fourth-order valence-corrected chi connectivity index (χ4v) is 2.24. The largest absolute Gasteiger partial charge is 0.289 e. The summed E-state index contributed by atoms with van der Waals surface area (Å²) in [5.41, 5.74) is 0.360. The van der Waals surface area contributed by atoms with Crippen LogP contribution in [0.25, 0.3) is 0 Å². The number of hydrogen-bond donors (Lipinski definition) is 0. The molecule has 0 bridgehead atoms. The predicted octanol–water partition coefficient (Wildman–Crippen LogP) is 4.19. The Hall–Kier alpha value is -1.91. The van der Waals surface area contributed by atoms with Crippen molar-refractivity contribution in [2.75, 3.05) is 7.05 Å². The summed E-state index contributed by atoms with van der Waals surface area (Å²) in [4.78, 5) is 24.2. The molecule has 0 N–H and O–H groups in total. The number of alkyl halides is 1. The van der Waals surface area contributed by atoms with Gasteiger partial charge in [-0.1, -0.05) is 48.0 Å². The summed E-state index contributed by atoms with van der Waals surface area (Å²) in [6, 6.07) is 12.5. The lowest BCUT2D eigenvalue weighted by atomic mass is 9.95. The summed E-state index contributed by atoms with van der Waals surface area (Å²) >= 11 is 11.4. The van der Waals surface area contributed by atoms with E-state index >= 15 is 0 Å². The topological polar surface area (TPSA) is 37.4 Å². The monoisotopic (exact) mass is 339 g/mol. The third-order valence-electron chi connectivity index (χ3n) is 3.09. The molecule has 1 unspecified atom stereocenters. The summed E-state index contributed by atoms with van der Waals surface area (Å²) in [5, 5.41) is 0.280. The summed E-state index contributed by atoms with van der Waals surface area (Å²) in [7, 11) is 1.23. The first-order valence-corrected chi connectivity index (χ1v) is 7.10. The smallest absolute Gasteiger partial charge is 0.275 e. The zero-order chi connectivity index (χ0) is 16.3. The Bertz CT molecular complexity index is 705. The van der Waals surface area contributed by atoms with E-state index in [4.69, 9.17) is 23.4 Å². The summed E-state index contributed by atoms with van der Waals surface area (Å²) < 4.78 is 15.0. The summed E-state index contributed by atoms with van der Waals surface area (Å²) in [6.45, 7) is 0. The van der Waals surface area contributed by atoms with Crippen molar-refractivity contribution in [3.63, 3.8) is 0 Å². The van der Waals surface area contributed by atoms with E-state index in [-0.39, 0.29) is 16.1 Å². The highest BCUT2D eigenvalue weighted by Crippen LogP contribution is 2.28. The standard InChI is InChI=1S/C16H12Cl2FNO2/c1-20(18)16(22)14(19)12-8-7-11(17)9-13(12)15(21)10-5-3-2-4-6-10/h2-9,14H,1H3. The Morgan fingerprint density at radius 3 is 2.36 bits per heavy atom. The van der Waals surface area contributed by atoms with Gasteiger partial charge in [0.15, 0.2) is 5.78 Å². The van der Waals surface area contributed by atoms with Gasteiger partial charge in [0, 0.05) is 40.5 Å². The fraction of sp³-hybridized carbons (Fsp3) is 0.125. The second-order valence-corrected chi connectivity index (χ2v) is 5.55. The van der Waals surface area contributed by atoms with Crippen molar-refractivity contribution in [2.45, 2.75) is 6.17 Å². The van der Waals surface area contributed by atoms with Crippen LogP contribution >= 0.6 is 23.4 Å². The number of ketones is 1. The van der Waals surface area contributed by atoms with Crippen LogP contribution in [0.15, 0.2) is 48.5 Å². The molecule has 0 heterocycles. The van der Waals surface area contributed by atoms with E-state index in [0.717, 1.165) is 0 Å². The van der Waals surface area contributed by atoms with E-state index in [2.05, 4.69) is 0 Å². The molecule has 1 atom stereocenters. The number of carbonyl (C=O) groups excluding carboxylic acids is 2. The Kier molecular flexibility index (Phi) is 5.16. The molecule has 2 rings (SSSR count). The van der Waals surface area contributed by atoms with Crippen molar-refractivity contribution < 1.29 is 14.0 Å². The van der Waals surface area contributed by atoms with Crippen LogP contribution < -0.4 is 0 Å². The molecule has 114 valence electrons. The number of amides is 1. The Labute approximate surface area is 137 Å². The average Bonchev–Trinajstić information content (AvgIpc) is 2.53. The summed E-state index contributed by atoms with van der Waals surface area (Å²) in [6.07, 6.45) is -2.04. The molecule has 2 aromatic carbocycles. The molecule has 0 saturated carbocycles. The van der Waals surface area contributed by atoms with Crippen molar-refractivity contribution >= 4 is 35.1 Å². The lowest BCUT2D eigenvalue weighted by Crippen LogP contribution is -2.23. The van der Waals surface area contributed by atoms with Gasteiger partial charge in [0.1, 0.15) is 0 Å². The van der Waals surface area contributed by atoms with E-state index in [1.807, 2.05) is 0 Å². The number of hydrogen-bond acceptors (Lipinski definition) is 2. The highest BCUT2D eigenvalue weighted by atomic mass is 35.5. The van der Waals surface area contributed by atoms with Crippen molar-refractivity contribution in [1.82, 2.24) is 4.42 Å². The van der Waals surface area contributed by atoms with E-state index in [9.17, 15) is 14.0 Å². The number of likely N-dealkylation sites (N-methyl/N-ethyl adjacent to an activating group) is 1. The minimum atomic E-state index is -2.04. The van der Waals surface area contributed by atoms with Crippen LogP contribution in [0.4, 0.5) is 4.39 Å². The van der Waals surface area contributed by atoms with Gasteiger partial charge < -0.3 is 0 Å². The van der Waals surface area contributed by atoms with E-state index in [1.165, 1.54) is 25.2 Å². The van der Waals surface area contributed by atoms with Gasteiger partial charge in [0.05, 0.1) is 0 Å². The van der Waals surface area contributed by atoms with Gasteiger partial charge in [0.2, 0.25) is 6.17 Å². The third-order valence-corrected chi connectivity index (χ3v) is 3.49. The van der Waals surface area contributed by atoms with Crippen LogP contribution in [0, 0.1) is 0 Å². The number of nitrogens with zero attached hydrogens (tertiary/aromatic N) is 1. The highest BCUT2D eigenvalue weighted by Gasteiger charge is 2.27. The molecule has 0 aromatic heterocycles. The molecule has 6 heteroatoms. The second kappa shape index (κ2) is 6.90. The zero-order valence-electron chi connectivity index (χ0n) is 11.6. The number of halogens is 3. The van der Waals surface area contributed by atoms with Crippen LogP contribution in [-0.4, -0.2) is 23.2 Å². The normalized spacial score (nSPS) is 11.8. The molecule has 0 fully saturated rings. The molecule has 0 radical (unpaired) electrons. The fourth-order valence-electron chi connectivity index (χ4n) is 1.98. The molecule has 2 aromatic rings. The minimum Gasteiger partial charge on any atom is -0.289 e. The number of rotatable bonds is 4. The molecule has 0 spiro atoms. The Morgan fingerprint density at radius 1 is 1.14 bits per heavy atom. The first kappa shape index (κ1) is 16.5. The molecule has 3 nitrogen and oxygen atoms in total. The van der Waals surface area contributed by atoms with E-state index in [0.29, 0.717) is 9.98 Å². The Balaban J connectivity index is 2.49. The van der Waals surface area contributed by atoms with Crippen LogP contribution in [-0.2, 0) is 4.79 Å². The maximum absolute atomic E-state index is 14.4. The maximum atomic E-state index is 14.4. The lowest BCUT2D eigenvalue weighted by molar-refractivity contribution is -0.131. The highest BCUT2D eigenvalue weighted by molar-refractivity contribution is 6.31. The SMILES string of the molecule is CN(Cl)C(=O)C(F)c1ccc(Cl)cc1C(=O)c1ccccc1. The number of carbonyl (C=O) groups is 2.